The van der Waals surface area contributed by atoms with Crippen molar-refractivity contribution in [2.45, 2.75) is 0 Å². The van der Waals surface area contributed by atoms with Gasteiger partial charge in [0.05, 0.1) is 9.63 Å². The van der Waals surface area contributed by atoms with Crippen molar-refractivity contribution in [3.63, 3.8) is 0 Å². The van der Waals surface area contributed by atoms with E-state index >= 15 is 0 Å². The molecule has 0 aromatic heterocycles. The van der Waals surface area contributed by atoms with Crippen molar-refractivity contribution in [2.75, 3.05) is 12.4 Å². The fourth-order valence-electron chi connectivity index (χ4n) is 1.23. The molecule has 0 radical (unpaired) electrons. The van der Waals surface area contributed by atoms with Crippen LogP contribution in [0.15, 0.2) is 33.4 Å². The topological polar surface area (TPSA) is 93.5 Å². The second kappa shape index (κ2) is 6.53. The molecule has 1 aromatic carbocycles. The number of nitrogens with one attached hydrogen (secondary N) is 1. The van der Waals surface area contributed by atoms with Gasteiger partial charge in [0.25, 0.3) is 5.91 Å². The number of benzene rings is 1. The maximum absolute atomic E-state index is 13.0. The molecule has 0 fully saturated rings. The summed E-state index contributed by atoms with van der Waals surface area (Å²) in [6.07, 6.45) is 0. The molecule has 1 rings (SSSR count). The maximum Gasteiger partial charge on any atom is 0.262 e. The fraction of sp³-hybridized carbons (Fsp3) is 0.0909. The lowest BCUT2D eigenvalue weighted by Crippen LogP contribution is -2.28. The van der Waals surface area contributed by atoms with Crippen LogP contribution in [0.5, 0.6) is 0 Å². The number of hydrogen-bond donors (Lipinski definition) is 3. The number of rotatable bonds is 3. The second-order valence-corrected chi connectivity index (χ2v) is 4.68. The van der Waals surface area contributed by atoms with Gasteiger partial charge in [-0.1, -0.05) is 11.6 Å². The third-order valence-corrected chi connectivity index (χ3v) is 2.83. The van der Waals surface area contributed by atoms with Crippen molar-refractivity contribution in [2.24, 2.45) is 16.5 Å². The van der Waals surface area contributed by atoms with Crippen LogP contribution in [0.2, 0.25) is 5.02 Å². The first kappa shape index (κ1) is 15.5. The van der Waals surface area contributed by atoms with Gasteiger partial charge in [-0.05, 0) is 34.1 Å². The number of nitrogens with two attached hydrogens (primary N) is 2. The van der Waals surface area contributed by atoms with E-state index in [0.29, 0.717) is 5.69 Å². The minimum absolute atomic E-state index is 0.0112. The van der Waals surface area contributed by atoms with Crippen LogP contribution in [0.4, 0.5) is 10.1 Å². The Bertz CT molecular complexity index is 570. The highest BCUT2D eigenvalue weighted by Crippen LogP contribution is 2.20. The Kier molecular flexibility index (Phi) is 5.31. The summed E-state index contributed by atoms with van der Waals surface area (Å²) in [5, 5.41) is 2.38. The van der Waals surface area contributed by atoms with Crippen LogP contribution in [0, 0.1) is 5.82 Å². The van der Waals surface area contributed by atoms with Gasteiger partial charge in [0, 0.05) is 12.7 Å². The summed E-state index contributed by atoms with van der Waals surface area (Å²) in [6, 6.07) is 3.77. The van der Waals surface area contributed by atoms with Gasteiger partial charge in [0.15, 0.2) is 0 Å². The fourth-order valence-corrected chi connectivity index (χ4v) is 1.79. The molecule has 0 saturated carbocycles. The van der Waals surface area contributed by atoms with Crippen molar-refractivity contribution in [3.8, 4) is 0 Å². The Balaban J connectivity index is 3.01. The van der Waals surface area contributed by atoms with Crippen LogP contribution in [0.25, 0.3) is 0 Å². The molecular weight excluding hydrogens is 339 g/mol. The normalized spacial score (nSPS) is 12.9. The second-order valence-electron chi connectivity index (χ2n) is 3.41. The Labute approximate surface area is 122 Å². The molecule has 0 aliphatic heterocycles. The van der Waals surface area contributed by atoms with Crippen LogP contribution in [-0.2, 0) is 4.79 Å². The van der Waals surface area contributed by atoms with Crippen molar-refractivity contribution in [3.05, 3.63) is 39.2 Å². The number of anilines is 1. The third kappa shape index (κ3) is 3.93. The molecule has 0 unspecified atom stereocenters. The van der Waals surface area contributed by atoms with Crippen molar-refractivity contribution in [1.82, 2.24) is 0 Å². The van der Waals surface area contributed by atoms with Crippen molar-refractivity contribution < 1.29 is 9.18 Å². The van der Waals surface area contributed by atoms with E-state index in [9.17, 15) is 9.18 Å². The Hall–Kier alpha value is -1.60. The summed E-state index contributed by atoms with van der Waals surface area (Å²) in [7, 11) is 1.42. The summed E-state index contributed by atoms with van der Waals surface area (Å²) in [4.78, 5) is 15.7. The summed E-state index contributed by atoms with van der Waals surface area (Å²) >= 11 is 8.58. The zero-order chi connectivity index (χ0) is 14.6. The number of amidine groups is 1. The van der Waals surface area contributed by atoms with Gasteiger partial charge in [0.1, 0.15) is 17.2 Å². The summed E-state index contributed by atoms with van der Waals surface area (Å²) in [5.41, 5.74) is 11.4. The smallest absolute Gasteiger partial charge is 0.262 e. The van der Waals surface area contributed by atoms with Crippen LogP contribution in [0.1, 0.15) is 0 Å². The minimum Gasteiger partial charge on any atom is -0.392 e. The maximum atomic E-state index is 13.0. The van der Waals surface area contributed by atoms with E-state index < -0.39 is 11.7 Å². The van der Waals surface area contributed by atoms with E-state index in [2.05, 4.69) is 26.2 Å². The monoisotopic (exact) mass is 348 g/mol. The van der Waals surface area contributed by atoms with E-state index in [4.69, 9.17) is 23.1 Å². The Morgan fingerprint density at radius 3 is 2.58 bits per heavy atom. The van der Waals surface area contributed by atoms with Crippen molar-refractivity contribution in [1.29, 1.82) is 0 Å². The quantitative estimate of drug-likeness (QED) is 0.337. The van der Waals surface area contributed by atoms with Crippen LogP contribution in [0.3, 0.4) is 0 Å². The van der Waals surface area contributed by atoms with Crippen molar-refractivity contribution >= 4 is 45.0 Å². The lowest BCUT2D eigenvalue weighted by atomic mass is 10.2. The molecule has 19 heavy (non-hydrogen) atoms. The molecule has 1 amide bonds. The minimum atomic E-state index is -0.583. The molecule has 5 nitrogen and oxygen atoms in total. The SMILES string of the molecule is CN=C(N)C(C(=O)Nc1ccc(F)c(Cl)c1)=C(N)Br. The summed E-state index contributed by atoms with van der Waals surface area (Å²) < 4.78 is 13.0. The lowest BCUT2D eigenvalue weighted by molar-refractivity contribution is -0.112. The van der Waals surface area contributed by atoms with E-state index in [-0.39, 0.29) is 21.0 Å². The predicted octanol–water partition coefficient (Wildman–Crippen LogP) is 1.97. The number of nitrogens with zero attached hydrogens (tertiary/aromatic N) is 1. The molecule has 8 heteroatoms. The largest absolute Gasteiger partial charge is 0.392 e. The zero-order valence-electron chi connectivity index (χ0n) is 9.88. The van der Waals surface area contributed by atoms with Gasteiger partial charge < -0.3 is 16.8 Å². The zero-order valence-corrected chi connectivity index (χ0v) is 12.2. The molecule has 1 aromatic rings. The third-order valence-electron chi connectivity index (χ3n) is 2.14. The van der Waals surface area contributed by atoms with E-state index in [1.165, 1.54) is 19.2 Å². The summed E-state index contributed by atoms with van der Waals surface area (Å²) in [6.45, 7) is 0. The first-order valence-electron chi connectivity index (χ1n) is 5.01. The highest BCUT2D eigenvalue weighted by molar-refractivity contribution is 9.11. The molecule has 0 aliphatic carbocycles. The van der Waals surface area contributed by atoms with E-state index in [1.54, 1.807) is 0 Å². The van der Waals surface area contributed by atoms with Crippen LogP contribution in [-0.4, -0.2) is 18.8 Å². The van der Waals surface area contributed by atoms with Gasteiger partial charge in [-0.15, -0.1) is 0 Å². The van der Waals surface area contributed by atoms with E-state index in [1.807, 2.05) is 0 Å². The molecule has 0 spiro atoms. The van der Waals surface area contributed by atoms with Gasteiger partial charge in [0.2, 0.25) is 0 Å². The number of carbonyl (C=O) groups excluding carboxylic acids is 1. The van der Waals surface area contributed by atoms with E-state index in [0.717, 1.165) is 6.07 Å². The number of carbonyl (C=O) groups is 1. The molecule has 0 saturated heterocycles. The lowest BCUT2D eigenvalue weighted by Gasteiger charge is -2.09. The molecule has 0 bridgehead atoms. The highest BCUT2D eigenvalue weighted by atomic mass is 79.9. The van der Waals surface area contributed by atoms with Gasteiger partial charge in [-0.25, -0.2) is 4.39 Å². The molecule has 5 N–H and O–H groups in total. The summed E-state index contributed by atoms with van der Waals surface area (Å²) in [5.74, 6) is -1.19. The number of aliphatic imine (C=N–C) groups is 1. The first-order valence-corrected chi connectivity index (χ1v) is 6.18. The van der Waals surface area contributed by atoms with Crippen LogP contribution < -0.4 is 16.8 Å². The molecular formula is C11H11BrClFN4O. The number of amides is 1. The number of halogens is 3. The van der Waals surface area contributed by atoms with Crippen LogP contribution >= 0.6 is 27.5 Å². The van der Waals surface area contributed by atoms with Gasteiger partial charge >= 0.3 is 0 Å². The van der Waals surface area contributed by atoms with Gasteiger partial charge in [-0.2, -0.15) is 0 Å². The number of hydrogen-bond acceptors (Lipinski definition) is 3. The van der Waals surface area contributed by atoms with Gasteiger partial charge in [-0.3, -0.25) is 9.79 Å². The molecule has 0 atom stereocenters. The molecule has 102 valence electrons. The average Bonchev–Trinajstić information content (AvgIpc) is 2.33. The standard InChI is InChI=1S/C11H11BrClFN4O/c1-17-10(16)8(9(12)15)11(19)18-5-2-3-7(14)6(13)4-5/h2-4H,15H2,1H3,(H2,16,17)(H,18,19). The first-order chi connectivity index (χ1) is 8.86. The Morgan fingerprint density at radius 1 is 1.47 bits per heavy atom. The highest BCUT2D eigenvalue weighted by Gasteiger charge is 2.17. The molecule has 0 heterocycles. The molecule has 0 aliphatic rings. The predicted molar refractivity (Wildman–Crippen MR) is 77.7 cm³/mol. The Morgan fingerprint density at radius 2 is 2.11 bits per heavy atom. The average molecular weight is 350 g/mol.